The molecular formula is C12H11FN4. The Kier molecular flexibility index (Phi) is 1.95. The number of nitrogens with two attached hydrogens (primary N) is 1. The zero-order valence-electron chi connectivity index (χ0n) is 9.24. The molecule has 0 unspecified atom stereocenters. The third-order valence-corrected chi connectivity index (χ3v) is 2.90. The van der Waals surface area contributed by atoms with Crippen molar-refractivity contribution in [2.75, 3.05) is 5.73 Å². The van der Waals surface area contributed by atoms with Crippen LogP contribution < -0.4 is 5.73 Å². The summed E-state index contributed by atoms with van der Waals surface area (Å²) in [7, 11) is 1.87. The van der Waals surface area contributed by atoms with Crippen LogP contribution in [0.2, 0.25) is 0 Å². The minimum absolute atomic E-state index is 0.257. The Morgan fingerprint density at radius 2 is 2.24 bits per heavy atom. The summed E-state index contributed by atoms with van der Waals surface area (Å²) in [5.74, 6) is -0.257. The second kappa shape index (κ2) is 3.35. The molecule has 0 saturated heterocycles. The first-order valence-electron chi connectivity index (χ1n) is 5.21. The highest BCUT2D eigenvalue weighted by molar-refractivity contribution is 5.97. The molecule has 86 valence electrons. The van der Waals surface area contributed by atoms with Gasteiger partial charge in [-0.1, -0.05) is 6.07 Å². The molecule has 1 aromatic carbocycles. The second-order valence-corrected chi connectivity index (χ2v) is 3.99. The summed E-state index contributed by atoms with van der Waals surface area (Å²) in [5.41, 5.74) is 8.53. The molecule has 4 nitrogen and oxygen atoms in total. The van der Waals surface area contributed by atoms with Crippen LogP contribution in [0.15, 0.2) is 30.6 Å². The van der Waals surface area contributed by atoms with Gasteiger partial charge in [0.15, 0.2) is 0 Å². The van der Waals surface area contributed by atoms with E-state index in [1.807, 2.05) is 23.9 Å². The van der Waals surface area contributed by atoms with Gasteiger partial charge < -0.3 is 10.3 Å². The lowest BCUT2D eigenvalue weighted by Crippen LogP contribution is -1.86. The Hall–Kier alpha value is -2.30. The zero-order chi connectivity index (χ0) is 12.0. The van der Waals surface area contributed by atoms with Crippen molar-refractivity contribution >= 4 is 16.6 Å². The second-order valence-electron chi connectivity index (χ2n) is 3.99. The maximum Gasteiger partial charge on any atom is 0.133 e. The summed E-state index contributed by atoms with van der Waals surface area (Å²) in [6, 6.07) is 5.00. The van der Waals surface area contributed by atoms with Crippen LogP contribution in [0.1, 0.15) is 0 Å². The van der Waals surface area contributed by atoms with E-state index in [9.17, 15) is 4.39 Å². The van der Waals surface area contributed by atoms with Crippen molar-refractivity contribution < 1.29 is 4.39 Å². The third-order valence-electron chi connectivity index (χ3n) is 2.90. The van der Waals surface area contributed by atoms with E-state index >= 15 is 0 Å². The number of rotatable bonds is 1. The van der Waals surface area contributed by atoms with Crippen molar-refractivity contribution in [2.24, 2.45) is 7.05 Å². The molecule has 2 aromatic heterocycles. The molecule has 0 spiro atoms. The van der Waals surface area contributed by atoms with Crippen LogP contribution in [-0.4, -0.2) is 14.8 Å². The molecule has 2 heterocycles. The predicted octanol–water partition coefficient (Wildman–Crippen LogP) is 2.29. The average molecular weight is 230 g/mol. The SMILES string of the molecule is Cn1cc(-c2[nH]ncc2N)c2c(F)cccc21. The number of anilines is 1. The van der Waals surface area contributed by atoms with Gasteiger partial charge in [-0.25, -0.2) is 4.39 Å². The van der Waals surface area contributed by atoms with Crippen LogP contribution in [0.5, 0.6) is 0 Å². The number of benzene rings is 1. The number of hydrogen-bond acceptors (Lipinski definition) is 2. The van der Waals surface area contributed by atoms with Crippen molar-refractivity contribution in [2.45, 2.75) is 0 Å². The van der Waals surface area contributed by atoms with Gasteiger partial charge in [0.25, 0.3) is 0 Å². The van der Waals surface area contributed by atoms with E-state index in [0.717, 1.165) is 11.1 Å². The van der Waals surface area contributed by atoms with Gasteiger partial charge in [-0.3, -0.25) is 5.10 Å². The number of aromatic nitrogens is 3. The maximum absolute atomic E-state index is 13.9. The molecule has 3 N–H and O–H groups in total. The Bertz CT molecular complexity index is 696. The van der Waals surface area contributed by atoms with Gasteiger partial charge in [-0.05, 0) is 12.1 Å². The number of fused-ring (bicyclic) bond motifs is 1. The number of halogens is 1. The van der Waals surface area contributed by atoms with Gasteiger partial charge in [0.2, 0.25) is 0 Å². The molecule has 5 heteroatoms. The average Bonchev–Trinajstić information content (AvgIpc) is 2.85. The molecular weight excluding hydrogens is 219 g/mol. The van der Waals surface area contributed by atoms with Crippen LogP contribution in [0.3, 0.4) is 0 Å². The molecule has 0 aliphatic rings. The predicted molar refractivity (Wildman–Crippen MR) is 64.9 cm³/mol. The third kappa shape index (κ3) is 1.32. The van der Waals surface area contributed by atoms with Crippen LogP contribution in [0.4, 0.5) is 10.1 Å². The molecule has 3 rings (SSSR count). The minimum atomic E-state index is -0.257. The van der Waals surface area contributed by atoms with Crippen molar-refractivity contribution in [1.29, 1.82) is 0 Å². The van der Waals surface area contributed by atoms with E-state index in [1.54, 1.807) is 6.07 Å². The fraction of sp³-hybridized carbons (Fsp3) is 0.0833. The lowest BCUT2D eigenvalue weighted by atomic mass is 10.1. The molecule has 0 saturated carbocycles. The lowest BCUT2D eigenvalue weighted by molar-refractivity contribution is 0.640. The lowest BCUT2D eigenvalue weighted by Gasteiger charge is -1.98. The van der Waals surface area contributed by atoms with Crippen molar-refractivity contribution in [3.8, 4) is 11.3 Å². The van der Waals surface area contributed by atoms with Gasteiger partial charge >= 0.3 is 0 Å². The number of nitrogens with zero attached hydrogens (tertiary/aromatic N) is 2. The van der Waals surface area contributed by atoms with E-state index in [1.165, 1.54) is 12.3 Å². The first-order chi connectivity index (χ1) is 8.18. The summed E-state index contributed by atoms with van der Waals surface area (Å²) < 4.78 is 15.8. The van der Waals surface area contributed by atoms with Crippen molar-refractivity contribution in [1.82, 2.24) is 14.8 Å². The van der Waals surface area contributed by atoms with E-state index in [-0.39, 0.29) is 5.82 Å². The monoisotopic (exact) mass is 230 g/mol. The van der Waals surface area contributed by atoms with E-state index in [0.29, 0.717) is 16.8 Å². The number of hydrogen-bond donors (Lipinski definition) is 2. The van der Waals surface area contributed by atoms with Crippen LogP contribution in [0.25, 0.3) is 22.2 Å². The highest BCUT2D eigenvalue weighted by atomic mass is 19.1. The Morgan fingerprint density at radius 1 is 1.41 bits per heavy atom. The molecule has 0 bridgehead atoms. The van der Waals surface area contributed by atoms with Gasteiger partial charge in [0, 0.05) is 24.2 Å². The maximum atomic E-state index is 13.9. The molecule has 17 heavy (non-hydrogen) atoms. The van der Waals surface area contributed by atoms with Gasteiger partial charge in [-0.15, -0.1) is 0 Å². The zero-order valence-corrected chi connectivity index (χ0v) is 9.24. The molecule has 0 radical (unpaired) electrons. The molecule has 0 atom stereocenters. The van der Waals surface area contributed by atoms with Crippen LogP contribution in [-0.2, 0) is 7.05 Å². The number of nitrogen functional groups attached to an aromatic ring is 1. The quantitative estimate of drug-likeness (QED) is 0.673. The summed E-state index contributed by atoms with van der Waals surface area (Å²) >= 11 is 0. The Balaban J connectivity index is 2.42. The highest BCUT2D eigenvalue weighted by Crippen LogP contribution is 2.33. The fourth-order valence-corrected chi connectivity index (χ4v) is 2.10. The summed E-state index contributed by atoms with van der Waals surface area (Å²) in [6.07, 6.45) is 3.37. The Labute approximate surface area is 96.9 Å². The molecule has 3 aromatic rings. The number of aryl methyl sites for hydroxylation is 1. The summed E-state index contributed by atoms with van der Waals surface area (Å²) in [6.45, 7) is 0. The van der Waals surface area contributed by atoms with E-state index in [2.05, 4.69) is 10.2 Å². The standard InChI is InChI=1S/C12H11FN4/c1-17-6-7(12-9(14)5-15-16-12)11-8(13)3-2-4-10(11)17/h2-6H,14H2,1H3,(H,15,16). The fourth-order valence-electron chi connectivity index (χ4n) is 2.10. The summed E-state index contributed by atoms with van der Waals surface area (Å²) in [4.78, 5) is 0. The number of nitrogens with one attached hydrogen (secondary N) is 1. The van der Waals surface area contributed by atoms with Gasteiger partial charge in [0.05, 0.1) is 23.1 Å². The number of H-pyrrole nitrogens is 1. The van der Waals surface area contributed by atoms with E-state index in [4.69, 9.17) is 5.73 Å². The first kappa shape index (κ1) is 9.89. The Morgan fingerprint density at radius 3 is 2.94 bits per heavy atom. The van der Waals surface area contributed by atoms with E-state index < -0.39 is 0 Å². The van der Waals surface area contributed by atoms with Crippen molar-refractivity contribution in [3.05, 3.63) is 36.4 Å². The molecule has 0 fully saturated rings. The smallest absolute Gasteiger partial charge is 0.133 e. The first-order valence-corrected chi connectivity index (χ1v) is 5.21. The topological polar surface area (TPSA) is 59.6 Å². The number of aromatic amines is 1. The molecule has 0 aliphatic heterocycles. The van der Waals surface area contributed by atoms with Gasteiger partial charge in [0.1, 0.15) is 5.82 Å². The molecule has 0 amide bonds. The van der Waals surface area contributed by atoms with Crippen LogP contribution >= 0.6 is 0 Å². The van der Waals surface area contributed by atoms with Crippen molar-refractivity contribution in [3.63, 3.8) is 0 Å². The van der Waals surface area contributed by atoms with Crippen LogP contribution in [0, 0.1) is 5.82 Å². The minimum Gasteiger partial charge on any atom is -0.396 e. The summed E-state index contributed by atoms with van der Waals surface area (Å²) in [5, 5.41) is 7.22. The molecule has 0 aliphatic carbocycles. The van der Waals surface area contributed by atoms with Gasteiger partial charge in [-0.2, -0.15) is 5.10 Å². The highest BCUT2D eigenvalue weighted by Gasteiger charge is 2.15. The normalized spacial score (nSPS) is 11.2. The largest absolute Gasteiger partial charge is 0.396 e.